The molecule has 0 saturated heterocycles. The molecule has 1 aliphatic heterocycles. The van der Waals surface area contributed by atoms with Crippen molar-refractivity contribution >= 4 is 25.0 Å². The lowest BCUT2D eigenvalue weighted by molar-refractivity contribution is 0.112. The molecule has 0 fully saturated rings. The molecule has 4 heteroatoms. The minimum absolute atomic E-state index is 0.220. The maximum Gasteiger partial charge on any atom is 0.231 e. The van der Waals surface area contributed by atoms with Crippen LogP contribution < -0.4 is 9.47 Å². The van der Waals surface area contributed by atoms with Crippen molar-refractivity contribution in [1.82, 2.24) is 0 Å². The smallest absolute Gasteiger partial charge is 0.231 e. The Kier molecular flexibility index (Phi) is 3.51. The summed E-state index contributed by atoms with van der Waals surface area (Å²) in [5, 5.41) is 0. The van der Waals surface area contributed by atoms with E-state index in [1.54, 1.807) is 6.07 Å². The van der Waals surface area contributed by atoms with E-state index >= 15 is 0 Å². The van der Waals surface area contributed by atoms with Gasteiger partial charge in [-0.1, -0.05) is 12.2 Å². The zero-order chi connectivity index (χ0) is 11.4. The average Bonchev–Trinajstić information content (AvgIpc) is 2.75. The van der Waals surface area contributed by atoms with Crippen LogP contribution in [0.15, 0.2) is 18.2 Å². The molecular weight excluding hydrogens is 224 g/mol. The van der Waals surface area contributed by atoms with Crippen LogP contribution in [0.5, 0.6) is 11.5 Å². The van der Waals surface area contributed by atoms with Crippen molar-refractivity contribution in [2.45, 2.75) is 6.42 Å². The van der Waals surface area contributed by atoms with Crippen LogP contribution >= 0.6 is 12.6 Å². The number of aldehydes is 1. The standard InChI is InChI=1S/C12H12O3S/c13-7-10-6-12-11(14-8-15-12)5-9(10)3-1-2-4-16/h1,3,5-7,16H,2,4,8H2. The van der Waals surface area contributed by atoms with E-state index in [2.05, 4.69) is 12.6 Å². The summed E-state index contributed by atoms with van der Waals surface area (Å²) in [6.07, 6.45) is 5.58. The molecule has 84 valence electrons. The molecular formula is C12H12O3S. The first-order valence-corrected chi connectivity index (χ1v) is 5.64. The summed E-state index contributed by atoms with van der Waals surface area (Å²) in [4.78, 5) is 10.9. The lowest BCUT2D eigenvalue weighted by atomic mass is 10.1. The second-order valence-electron chi connectivity index (χ2n) is 3.37. The van der Waals surface area contributed by atoms with Gasteiger partial charge in [-0.3, -0.25) is 4.79 Å². The van der Waals surface area contributed by atoms with Crippen LogP contribution in [0.25, 0.3) is 6.08 Å². The van der Waals surface area contributed by atoms with Crippen LogP contribution in [0.1, 0.15) is 22.3 Å². The molecule has 0 radical (unpaired) electrons. The maximum absolute atomic E-state index is 10.9. The third kappa shape index (κ3) is 2.22. The molecule has 1 aromatic rings. The summed E-state index contributed by atoms with van der Waals surface area (Å²) in [5.41, 5.74) is 1.46. The monoisotopic (exact) mass is 236 g/mol. The SMILES string of the molecule is O=Cc1cc2c(cc1C=CCCS)OCO2. The molecule has 0 unspecified atom stereocenters. The predicted molar refractivity (Wildman–Crippen MR) is 65.5 cm³/mol. The van der Waals surface area contributed by atoms with E-state index in [-0.39, 0.29) is 6.79 Å². The van der Waals surface area contributed by atoms with Gasteiger partial charge < -0.3 is 9.47 Å². The highest BCUT2D eigenvalue weighted by molar-refractivity contribution is 7.80. The van der Waals surface area contributed by atoms with Gasteiger partial charge in [-0.15, -0.1) is 0 Å². The van der Waals surface area contributed by atoms with E-state index in [9.17, 15) is 4.79 Å². The Morgan fingerprint density at radius 3 is 2.56 bits per heavy atom. The zero-order valence-corrected chi connectivity index (χ0v) is 9.57. The molecule has 1 heterocycles. The third-order valence-electron chi connectivity index (χ3n) is 2.30. The highest BCUT2D eigenvalue weighted by Gasteiger charge is 2.15. The van der Waals surface area contributed by atoms with Crippen LogP contribution in [-0.2, 0) is 0 Å². The van der Waals surface area contributed by atoms with E-state index < -0.39 is 0 Å². The Labute approximate surface area is 99.5 Å². The van der Waals surface area contributed by atoms with Gasteiger partial charge in [0.05, 0.1) is 0 Å². The van der Waals surface area contributed by atoms with Crippen LogP contribution in [0.4, 0.5) is 0 Å². The number of carbonyl (C=O) groups is 1. The van der Waals surface area contributed by atoms with E-state index in [0.29, 0.717) is 17.1 Å². The normalized spacial score (nSPS) is 13.3. The zero-order valence-electron chi connectivity index (χ0n) is 8.68. The van der Waals surface area contributed by atoms with Gasteiger partial charge in [-0.05, 0) is 29.9 Å². The van der Waals surface area contributed by atoms with Gasteiger partial charge in [0, 0.05) is 5.56 Å². The predicted octanol–water partition coefficient (Wildman–Crippen LogP) is 2.56. The van der Waals surface area contributed by atoms with Crippen molar-refractivity contribution in [1.29, 1.82) is 0 Å². The molecule has 0 N–H and O–H groups in total. The van der Waals surface area contributed by atoms with Crippen molar-refractivity contribution in [3.63, 3.8) is 0 Å². The topological polar surface area (TPSA) is 35.5 Å². The van der Waals surface area contributed by atoms with Crippen LogP contribution in [0, 0.1) is 0 Å². The van der Waals surface area contributed by atoms with Crippen molar-refractivity contribution in [3.05, 3.63) is 29.3 Å². The molecule has 0 atom stereocenters. The Bertz CT molecular complexity index is 427. The Balaban J connectivity index is 2.32. The summed E-state index contributed by atoms with van der Waals surface area (Å²) in [6.45, 7) is 0.220. The van der Waals surface area contributed by atoms with E-state index in [1.807, 2.05) is 18.2 Å². The van der Waals surface area contributed by atoms with Crippen LogP contribution in [-0.4, -0.2) is 18.8 Å². The third-order valence-corrected chi connectivity index (χ3v) is 2.56. The summed E-state index contributed by atoms with van der Waals surface area (Å²) in [7, 11) is 0. The number of thiol groups is 1. The van der Waals surface area contributed by atoms with Crippen molar-refractivity contribution in [2.24, 2.45) is 0 Å². The van der Waals surface area contributed by atoms with E-state index in [0.717, 1.165) is 24.0 Å². The molecule has 3 nitrogen and oxygen atoms in total. The molecule has 0 aliphatic carbocycles. The average molecular weight is 236 g/mol. The summed E-state index contributed by atoms with van der Waals surface area (Å²) in [6, 6.07) is 3.52. The van der Waals surface area contributed by atoms with Crippen molar-refractivity contribution in [2.75, 3.05) is 12.5 Å². The number of benzene rings is 1. The molecule has 0 bridgehead atoms. The second kappa shape index (κ2) is 5.07. The molecule has 0 amide bonds. The first kappa shape index (κ1) is 11.1. The number of hydrogen-bond acceptors (Lipinski definition) is 4. The van der Waals surface area contributed by atoms with Gasteiger partial charge in [0.2, 0.25) is 6.79 Å². The molecule has 0 aromatic heterocycles. The van der Waals surface area contributed by atoms with Crippen LogP contribution in [0.2, 0.25) is 0 Å². The highest BCUT2D eigenvalue weighted by atomic mass is 32.1. The largest absolute Gasteiger partial charge is 0.454 e. The van der Waals surface area contributed by atoms with Gasteiger partial charge in [-0.25, -0.2) is 0 Å². The highest BCUT2D eigenvalue weighted by Crippen LogP contribution is 2.34. The fourth-order valence-electron chi connectivity index (χ4n) is 1.50. The molecule has 2 rings (SSSR count). The van der Waals surface area contributed by atoms with E-state index in [1.165, 1.54) is 0 Å². The first-order chi connectivity index (χ1) is 7.85. The lowest BCUT2D eigenvalue weighted by Gasteiger charge is -2.02. The quantitative estimate of drug-likeness (QED) is 0.644. The summed E-state index contributed by atoms with van der Waals surface area (Å²) in [5.74, 6) is 2.11. The molecule has 0 spiro atoms. The summed E-state index contributed by atoms with van der Waals surface area (Å²) >= 11 is 4.12. The lowest BCUT2D eigenvalue weighted by Crippen LogP contribution is -1.92. The molecule has 1 aliphatic rings. The van der Waals surface area contributed by atoms with Gasteiger partial charge in [0.1, 0.15) is 0 Å². The van der Waals surface area contributed by atoms with Crippen LogP contribution in [0.3, 0.4) is 0 Å². The van der Waals surface area contributed by atoms with Gasteiger partial charge >= 0.3 is 0 Å². The molecule has 1 aromatic carbocycles. The van der Waals surface area contributed by atoms with Gasteiger partial charge in [0.25, 0.3) is 0 Å². The van der Waals surface area contributed by atoms with Crippen molar-refractivity contribution in [3.8, 4) is 11.5 Å². The number of hydrogen-bond donors (Lipinski definition) is 1. The Morgan fingerprint density at radius 2 is 1.94 bits per heavy atom. The Hall–Kier alpha value is -1.42. The molecule has 16 heavy (non-hydrogen) atoms. The van der Waals surface area contributed by atoms with Gasteiger partial charge in [0.15, 0.2) is 17.8 Å². The van der Waals surface area contributed by atoms with E-state index in [4.69, 9.17) is 9.47 Å². The minimum atomic E-state index is 0.220. The fourth-order valence-corrected chi connectivity index (χ4v) is 1.65. The van der Waals surface area contributed by atoms with Gasteiger partial charge in [-0.2, -0.15) is 12.6 Å². The minimum Gasteiger partial charge on any atom is -0.454 e. The fraction of sp³-hybridized carbons (Fsp3) is 0.250. The number of carbonyl (C=O) groups excluding carboxylic acids is 1. The molecule has 0 saturated carbocycles. The second-order valence-corrected chi connectivity index (χ2v) is 3.81. The first-order valence-electron chi connectivity index (χ1n) is 5.01. The summed E-state index contributed by atoms with van der Waals surface area (Å²) < 4.78 is 10.5. The van der Waals surface area contributed by atoms with Crippen molar-refractivity contribution < 1.29 is 14.3 Å². The maximum atomic E-state index is 10.9. The number of allylic oxidation sites excluding steroid dienone is 1. The number of fused-ring (bicyclic) bond motifs is 1. The number of ether oxygens (including phenoxy) is 2. The number of rotatable bonds is 4. The Morgan fingerprint density at radius 1 is 1.25 bits per heavy atom.